The molecule has 2 rings (SSSR count). The molecule has 0 radical (unpaired) electrons. The Labute approximate surface area is 79.3 Å². The van der Waals surface area contributed by atoms with Crippen molar-refractivity contribution >= 4 is 17.3 Å². The number of carbonyl (C=O) groups excluding carboxylic acids is 1. The summed E-state index contributed by atoms with van der Waals surface area (Å²) in [6, 6.07) is 4.22. The van der Waals surface area contributed by atoms with Crippen LogP contribution in [0.5, 0.6) is 0 Å². The fraction of sp³-hybridized carbons (Fsp3) is 0.111. The molecule has 1 aromatic rings. The lowest BCUT2D eigenvalue weighted by atomic mass is 10.1. The summed E-state index contributed by atoms with van der Waals surface area (Å²) in [6.45, 7) is 0.123. The van der Waals surface area contributed by atoms with E-state index in [2.05, 4.69) is 10.6 Å². The third kappa shape index (κ3) is 1.27. The van der Waals surface area contributed by atoms with Gasteiger partial charge in [-0.2, -0.15) is 5.26 Å². The highest BCUT2D eigenvalue weighted by Crippen LogP contribution is 2.27. The van der Waals surface area contributed by atoms with Crippen LogP contribution in [0.2, 0.25) is 0 Å². The van der Waals surface area contributed by atoms with Crippen LogP contribution in [-0.4, -0.2) is 12.5 Å². The van der Waals surface area contributed by atoms with Crippen molar-refractivity contribution < 1.29 is 9.18 Å². The molecular formula is C9H6FN3O. The molecule has 0 aromatic heterocycles. The van der Waals surface area contributed by atoms with E-state index in [1.54, 1.807) is 6.07 Å². The average Bonchev–Trinajstić information content (AvgIpc) is 2.17. The number of nitrogens with zero attached hydrogens (tertiary/aromatic N) is 1. The van der Waals surface area contributed by atoms with E-state index in [1.807, 2.05) is 0 Å². The predicted molar refractivity (Wildman–Crippen MR) is 48.2 cm³/mol. The number of halogens is 1. The molecule has 0 fully saturated rings. The molecule has 1 amide bonds. The van der Waals surface area contributed by atoms with Crippen molar-refractivity contribution in [2.24, 2.45) is 0 Å². The van der Waals surface area contributed by atoms with Gasteiger partial charge in [-0.05, 0) is 6.07 Å². The molecule has 70 valence electrons. The number of hydrogen-bond donors (Lipinski definition) is 2. The minimum atomic E-state index is -0.588. The summed E-state index contributed by atoms with van der Waals surface area (Å²) in [5, 5.41) is 13.8. The van der Waals surface area contributed by atoms with Crippen molar-refractivity contribution in [1.29, 1.82) is 5.26 Å². The molecule has 0 bridgehead atoms. The predicted octanol–water partition coefficient (Wildman–Crippen LogP) is 1.06. The van der Waals surface area contributed by atoms with Gasteiger partial charge >= 0.3 is 0 Å². The minimum Gasteiger partial charge on any atom is -0.374 e. The number of benzene rings is 1. The molecular weight excluding hydrogens is 185 g/mol. The molecule has 1 aliphatic rings. The first-order chi connectivity index (χ1) is 6.70. The third-order valence-corrected chi connectivity index (χ3v) is 1.94. The number of anilines is 2. The van der Waals surface area contributed by atoms with Crippen LogP contribution in [0.25, 0.3) is 0 Å². The maximum Gasteiger partial charge on any atom is 0.243 e. The smallest absolute Gasteiger partial charge is 0.243 e. The molecule has 1 aliphatic heterocycles. The van der Waals surface area contributed by atoms with Crippen LogP contribution in [0, 0.1) is 17.1 Å². The zero-order valence-corrected chi connectivity index (χ0v) is 7.10. The molecule has 0 saturated carbocycles. The van der Waals surface area contributed by atoms with Gasteiger partial charge in [0, 0.05) is 6.07 Å². The molecule has 1 aromatic carbocycles. The molecule has 2 N–H and O–H groups in total. The summed E-state index contributed by atoms with van der Waals surface area (Å²) < 4.78 is 13.1. The Bertz CT molecular complexity index is 450. The summed E-state index contributed by atoms with van der Waals surface area (Å²) in [5.41, 5.74) is 0.869. The van der Waals surface area contributed by atoms with E-state index in [4.69, 9.17) is 5.26 Å². The molecule has 1 heterocycles. The van der Waals surface area contributed by atoms with E-state index >= 15 is 0 Å². The Hall–Kier alpha value is -2.09. The number of nitriles is 1. The van der Waals surface area contributed by atoms with E-state index in [-0.39, 0.29) is 18.0 Å². The summed E-state index contributed by atoms with van der Waals surface area (Å²) in [6.07, 6.45) is 0. The van der Waals surface area contributed by atoms with Crippen LogP contribution >= 0.6 is 0 Å². The second-order valence-electron chi connectivity index (χ2n) is 2.89. The van der Waals surface area contributed by atoms with Crippen molar-refractivity contribution in [2.75, 3.05) is 17.2 Å². The first-order valence-corrected chi connectivity index (χ1v) is 3.98. The zero-order valence-electron chi connectivity index (χ0n) is 7.10. The van der Waals surface area contributed by atoms with Crippen LogP contribution in [0.4, 0.5) is 15.8 Å². The van der Waals surface area contributed by atoms with Crippen LogP contribution < -0.4 is 10.6 Å². The van der Waals surface area contributed by atoms with Gasteiger partial charge in [-0.15, -0.1) is 0 Å². The lowest BCUT2D eigenvalue weighted by molar-refractivity contribution is -0.114. The zero-order chi connectivity index (χ0) is 10.1. The third-order valence-electron chi connectivity index (χ3n) is 1.94. The topological polar surface area (TPSA) is 64.9 Å². The van der Waals surface area contributed by atoms with Crippen molar-refractivity contribution in [3.63, 3.8) is 0 Å². The summed E-state index contributed by atoms with van der Waals surface area (Å²) in [7, 11) is 0. The number of carbonyl (C=O) groups is 1. The monoisotopic (exact) mass is 191 g/mol. The molecule has 5 heteroatoms. The van der Waals surface area contributed by atoms with Gasteiger partial charge in [0.1, 0.15) is 11.9 Å². The SMILES string of the molecule is N#Cc1cc2c(cc1F)NCC(=O)N2. The molecule has 0 saturated heterocycles. The highest BCUT2D eigenvalue weighted by atomic mass is 19.1. The van der Waals surface area contributed by atoms with Crippen molar-refractivity contribution in [3.05, 3.63) is 23.5 Å². The molecule has 0 aliphatic carbocycles. The lowest BCUT2D eigenvalue weighted by Crippen LogP contribution is -2.27. The van der Waals surface area contributed by atoms with Gasteiger partial charge in [0.2, 0.25) is 5.91 Å². The number of nitrogens with one attached hydrogen (secondary N) is 2. The number of rotatable bonds is 0. The second kappa shape index (κ2) is 3.00. The van der Waals surface area contributed by atoms with Crippen LogP contribution in [0.3, 0.4) is 0 Å². The number of amides is 1. The van der Waals surface area contributed by atoms with Gasteiger partial charge in [-0.25, -0.2) is 4.39 Å². The van der Waals surface area contributed by atoms with E-state index in [0.29, 0.717) is 11.4 Å². The molecule has 0 unspecified atom stereocenters. The molecule has 14 heavy (non-hydrogen) atoms. The Morgan fingerprint density at radius 2 is 2.21 bits per heavy atom. The normalized spacial score (nSPS) is 13.6. The van der Waals surface area contributed by atoms with Crippen molar-refractivity contribution in [2.45, 2.75) is 0 Å². The van der Waals surface area contributed by atoms with Gasteiger partial charge in [-0.3, -0.25) is 4.79 Å². The second-order valence-corrected chi connectivity index (χ2v) is 2.89. The number of hydrogen-bond acceptors (Lipinski definition) is 3. The minimum absolute atomic E-state index is 0.0762. The number of fused-ring (bicyclic) bond motifs is 1. The van der Waals surface area contributed by atoms with Crippen molar-refractivity contribution in [1.82, 2.24) is 0 Å². The van der Waals surface area contributed by atoms with Crippen molar-refractivity contribution in [3.8, 4) is 6.07 Å². The van der Waals surface area contributed by atoms with E-state index in [0.717, 1.165) is 0 Å². The van der Waals surface area contributed by atoms with Crippen LogP contribution in [0.1, 0.15) is 5.56 Å². The van der Waals surface area contributed by atoms with Gasteiger partial charge < -0.3 is 10.6 Å². The maximum atomic E-state index is 13.1. The fourth-order valence-corrected chi connectivity index (χ4v) is 1.28. The highest BCUT2D eigenvalue weighted by molar-refractivity contribution is 6.00. The van der Waals surface area contributed by atoms with Crippen LogP contribution in [0.15, 0.2) is 12.1 Å². The quantitative estimate of drug-likeness (QED) is 0.644. The van der Waals surface area contributed by atoms with Gasteiger partial charge in [0.25, 0.3) is 0 Å². The Morgan fingerprint density at radius 1 is 1.43 bits per heavy atom. The average molecular weight is 191 g/mol. The van der Waals surface area contributed by atoms with Gasteiger partial charge in [0.05, 0.1) is 23.5 Å². The fourth-order valence-electron chi connectivity index (χ4n) is 1.28. The molecule has 0 atom stereocenters. The Balaban J connectivity index is 2.52. The maximum absolute atomic E-state index is 13.1. The van der Waals surface area contributed by atoms with E-state index < -0.39 is 5.82 Å². The van der Waals surface area contributed by atoms with E-state index in [9.17, 15) is 9.18 Å². The largest absolute Gasteiger partial charge is 0.374 e. The first-order valence-electron chi connectivity index (χ1n) is 3.98. The summed E-state index contributed by atoms with van der Waals surface area (Å²) in [5.74, 6) is -0.789. The summed E-state index contributed by atoms with van der Waals surface area (Å²) in [4.78, 5) is 11.0. The Kier molecular flexibility index (Phi) is 1.82. The highest BCUT2D eigenvalue weighted by Gasteiger charge is 2.16. The first kappa shape index (κ1) is 8.51. The molecule has 4 nitrogen and oxygen atoms in total. The molecule has 0 spiro atoms. The standard InChI is InChI=1S/C9H6FN3O/c10-6-2-7-8(1-5(6)3-11)13-9(14)4-12-7/h1-2,12H,4H2,(H,13,14). The lowest BCUT2D eigenvalue weighted by Gasteiger charge is -2.18. The Morgan fingerprint density at radius 3 is 2.93 bits per heavy atom. The summed E-state index contributed by atoms with van der Waals surface area (Å²) >= 11 is 0. The van der Waals surface area contributed by atoms with Gasteiger partial charge in [0.15, 0.2) is 0 Å². The van der Waals surface area contributed by atoms with E-state index in [1.165, 1.54) is 12.1 Å². The van der Waals surface area contributed by atoms with Gasteiger partial charge in [-0.1, -0.05) is 0 Å². The van der Waals surface area contributed by atoms with Crippen LogP contribution in [-0.2, 0) is 4.79 Å².